The van der Waals surface area contributed by atoms with E-state index in [1.807, 2.05) is 54.6 Å². The smallest absolute Gasteiger partial charge is 0.408 e. The maximum Gasteiger partial charge on any atom is 0.408 e. The lowest BCUT2D eigenvalue weighted by Gasteiger charge is -2.14. The van der Waals surface area contributed by atoms with Crippen molar-refractivity contribution in [3.05, 3.63) is 108 Å². The minimum absolute atomic E-state index is 0.0164. The molecule has 1 aliphatic rings. The minimum atomic E-state index is -0.596. The van der Waals surface area contributed by atoms with Crippen LogP contribution in [0, 0.1) is 0 Å². The van der Waals surface area contributed by atoms with Gasteiger partial charge in [-0.3, -0.25) is 4.79 Å². The fourth-order valence-corrected chi connectivity index (χ4v) is 4.15. The maximum atomic E-state index is 12.3. The standard InChI is InChI=1S/C27H22N2O4/c30-26(25-15-14-24(33-25)18-8-2-1-3-9-18)28-17-29-27(31)32-16-23-21-12-6-4-10-19(21)20-11-5-7-13-22(20)23/h1-15,23H,16-17H2,(H,28,30)(H,29,31). The van der Waals surface area contributed by atoms with Crippen LogP contribution in [0.2, 0.25) is 0 Å². The van der Waals surface area contributed by atoms with Gasteiger partial charge in [0.2, 0.25) is 0 Å². The van der Waals surface area contributed by atoms with Crippen molar-refractivity contribution in [2.75, 3.05) is 13.3 Å². The van der Waals surface area contributed by atoms with E-state index in [1.165, 1.54) is 11.1 Å². The first kappa shape index (κ1) is 20.6. The van der Waals surface area contributed by atoms with Gasteiger partial charge in [0.25, 0.3) is 5.91 Å². The summed E-state index contributed by atoms with van der Waals surface area (Å²) in [6.07, 6.45) is -0.596. The lowest BCUT2D eigenvalue weighted by atomic mass is 9.98. The van der Waals surface area contributed by atoms with Gasteiger partial charge >= 0.3 is 6.09 Å². The number of hydrogen-bond acceptors (Lipinski definition) is 4. The van der Waals surface area contributed by atoms with Crippen LogP contribution in [0.5, 0.6) is 0 Å². The summed E-state index contributed by atoms with van der Waals surface area (Å²) in [7, 11) is 0. The van der Waals surface area contributed by atoms with Crippen LogP contribution in [-0.2, 0) is 4.74 Å². The lowest BCUT2D eigenvalue weighted by Crippen LogP contribution is -2.37. The normalized spacial score (nSPS) is 12.0. The average Bonchev–Trinajstić information content (AvgIpc) is 3.47. The van der Waals surface area contributed by atoms with E-state index in [-0.39, 0.29) is 25.0 Å². The van der Waals surface area contributed by atoms with Gasteiger partial charge in [0.15, 0.2) is 5.76 Å². The Kier molecular flexibility index (Phi) is 5.64. The number of nitrogens with one attached hydrogen (secondary N) is 2. The summed E-state index contributed by atoms with van der Waals surface area (Å²) in [4.78, 5) is 24.5. The largest absolute Gasteiger partial charge is 0.451 e. The van der Waals surface area contributed by atoms with Crippen LogP contribution in [0.4, 0.5) is 4.79 Å². The molecule has 1 aliphatic carbocycles. The van der Waals surface area contributed by atoms with Crippen molar-refractivity contribution in [1.29, 1.82) is 0 Å². The second-order valence-corrected chi connectivity index (χ2v) is 7.71. The van der Waals surface area contributed by atoms with Gasteiger partial charge in [0.1, 0.15) is 12.4 Å². The van der Waals surface area contributed by atoms with Crippen molar-refractivity contribution >= 4 is 12.0 Å². The number of alkyl carbamates (subject to hydrolysis) is 1. The molecule has 0 fully saturated rings. The highest BCUT2D eigenvalue weighted by Gasteiger charge is 2.29. The highest BCUT2D eigenvalue weighted by Crippen LogP contribution is 2.44. The molecule has 0 aliphatic heterocycles. The molecule has 6 heteroatoms. The van der Waals surface area contributed by atoms with E-state index in [9.17, 15) is 9.59 Å². The SMILES string of the molecule is O=C(NCNC(=O)c1ccc(-c2ccccc2)o1)OCC1c2ccccc2-c2ccccc21. The van der Waals surface area contributed by atoms with E-state index in [1.54, 1.807) is 12.1 Å². The van der Waals surface area contributed by atoms with E-state index in [2.05, 4.69) is 34.9 Å². The Morgan fingerprint density at radius 2 is 1.39 bits per heavy atom. The molecule has 1 aromatic heterocycles. The summed E-state index contributed by atoms with van der Waals surface area (Å²) in [6.45, 7) is 0.142. The quantitative estimate of drug-likeness (QED) is 0.407. The molecule has 0 spiro atoms. The van der Waals surface area contributed by atoms with Crippen LogP contribution in [0.15, 0.2) is 95.4 Å². The number of carbonyl (C=O) groups excluding carboxylic acids is 2. The third-order valence-corrected chi connectivity index (χ3v) is 5.71. The number of furan rings is 1. The lowest BCUT2D eigenvalue weighted by molar-refractivity contribution is 0.0921. The molecule has 0 atom stereocenters. The van der Waals surface area contributed by atoms with Gasteiger partial charge in [0.05, 0.1) is 6.67 Å². The second-order valence-electron chi connectivity index (χ2n) is 7.71. The Hall–Kier alpha value is -4.32. The van der Waals surface area contributed by atoms with Crippen molar-refractivity contribution < 1.29 is 18.7 Å². The van der Waals surface area contributed by atoms with Gasteiger partial charge in [-0.1, -0.05) is 78.9 Å². The molecular weight excluding hydrogens is 416 g/mol. The third-order valence-electron chi connectivity index (χ3n) is 5.71. The topological polar surface area (TPSA) is 80.6 Å². The molecule has 0 bridgehead atoms. The Morgan fingerprint density at radius 1 is 0.758 bits per heavy atom. The summed E-state index contributed by atoms with van der Waals surface area (Å²) in [6, 6.07) is 29.2. The zero-order valence-corrected chi connectivity index (χ0v) is 17.8. The fraction of sp³-hybridized carbons (Fsp3) is 0.111. The summed E-state index contributed by atoms with van der Waals surface area (Å²) < 4.78 is 11.1. The van der Waals surface area contributed by atoms with Crippen molar-refractivity contribution in [3.8, 4) is 22.5 Å². The van der Waals surface area contributed by atoms with Crippen LogP contribution in [0.1, 0.15) is 27.6 Å². The van der Waals surface area contributed by atoms with Crippen LogP contribution in [0.25, 0.3) is 22.5 Å². The Morgan fingerprint density at radius 3 is 2.09 bits per heavy atom. The van der Waals surface area contributed by atoms with Gasteiger partial charge in [-0.05, 0) is 34.4 Å². The predicted octanol–water partition coefficient (Wildman–Crippen LogP) is 5.17. The van der Waals surface area contributed by atoms with Gasteiger partial charge in [0, 0.05) is 11.5 Å². The van der Waals surface area contributed by atoms with Gasteiger partial charge in [-0.25, -0.2) is 4.79 Å². The number of hydrogen-bond donors (Lipinski definition) is 2. The summed E-state index contributed by atoms with van der Waals surface area (Å²) in [5.41, 5.74) is 5.51. The van der Waals surface area contributed by atoms with Crippen LogP contribution >= 0.6 is 0 Å². The van der Waals surface area contributed by atoms with Crippen molar-refractivity contribution in [2.24, 2.45) is 0 Å². The van der Waals surface area contributed by atoms with E-state index >= 15 is 0 Å². The molecule has 6 nitrogen and oxygen atoms in total. The number of rotatable bonds is 6. The molecule has 0 radical (unpaired) electrons. The van der Waals surface area contributed by atoms with Crippen LogP contribution in [0.3, 0.4) is 0 Å². The molecule has 2 N–H and O–H groups in total. The number of benzene rings is 3. The zero-order valence-electron chi connectivity index (χ0n) is 17.8. The van der Waals surface area contributed by atoms with Gasteiger partial charge in [-0.15, -0.1) is 0 Å². The molecule has 1 heterocycles. The predicted molar refractivity (Wildman–Crippen MR) is 125 cm³/mol. The van der Waals surface area contributed by atoms with Gasteiger partial charge < -0.3 is 19.8 Å². The molecule has 0 saturated heterocycles. The zero-order chi connectivity index (χ0) is 22.6. The highest BCUT2D eigenvalue weighted by atomic mass is 16.5. The molecule has 2 amide bonds. The first-order chi connectivity index (χ1) is 16.2. The number of fused-ring (bicyclic) bond motifs is 3. The Labute approximate surface area is 191 Å². The number of ether oxygens (including phenoxy) is 1. The maximum absolute atomic E-state index is 12.3. The van der Waals surface area contributed by atoms with Crippen molar-refractivity contribution in [3.63, 3.8) is 0 Å². The molecule has 33 heavy (non-hydrogen) atoms. The van der Waals surface area contributed by atoms with E-state index in [4.69, 9.17) is 9.15 Å². The average molecular weight is 438 g/mol. The van der Waals surface area contributed by atoms with E-state index in [0.29, 0.717) is 5.76 Å². The summed E-state index contributed by atoms with van der Waals surface area (Å²) in [5, 5.41) is 5.17. The molecule has 4 aromatic rings. The van der Waals surface area contributed by atoms with E-state index < -0.39 is 12.0 Å². The molecule has 3 aromatic carbocycles. The number of carbonyl (C=O) groups is 2. The fourth-order valence-electron chi connectivity index (χ4n) is 4.15. The molecule has 0 saturated carbocycles. The molecule has 0 unspecified atom stereocenters. The molecule has 164 valence electrons. The van der Waals surface area contributed by atoms with Crippen molar-refractivity contribution in [1.82, 2.24) is 10.6 Å². The monoisotopic (exact) mass is 438 g/mol. The third kappa shape index (κ3) is 4.23. The van der Waals surface area contributed by atoms with Crippen molar-refractivity contribution in [2.45, 2.75) is 5.92 Å². The van der Waals surface area contributed by atoms with Crippen LogP contribution in [-0.4, -0.2) is 25.3 Å². The first-order valence-electron chi connectivity index (χ1n) is 10.7. The number of amides is 2. The molecular formula is C27H22N2O4. The second kappa shape index (κ2) is 9.04. The van der Waals surface area contributed by atoms with Gasteiger partial charge in [-0.2, -0.15) is 0 Å². The highest BCUT2D eigenvalue weighted by molar-refractivity contribution is 5.92. The summed E-state index contributed by atoms with van der Waals surface area (Å²) >= 11 is 0. The summed E-state index contributed by atoms with van der Waals surface area (Å²) in [5.74, 6) is 0.335. The Bertz CT molecular complexity index is 1250. The first-order valence-corrected chi connectivity index (χ1v) is 10.7. The van der Waals surface area contributed by atoms with Crippen LogP contribution < -0.4 is 10.6 Å². The van der Waals surface area contributed by atoms with E-state index in [0.717, 1.165) is 16.7 Å². The Balaban J connectivity index is 1.13. The molecule has 5 rings (SSSR count). The minimum Gasteiger partial charge on any atom is -0.451 e.